The average Bonchev–Trinajstić information content (AvgIpc) is 2.98. The molecule has 1 unspecified atom stereocenters. The Kier molecular flexibility index (Phi) is 4.42. The van der Waals surface area contributed by atoms with E-state index in [1.54, 1.807) is 0 Å². The number of esters is 1. The number of fused-ring (bicyclic) bond motifs is 1. The summed E-state index contributed by atoms with van der Waals surface area (Å²) in [7, 11) is 0. The molecule has 2 heterocycles. The van der Waals surface area contributed by atoms with Crippen LogP contribution in [0.1, 0.15) is 45.2 Å². The van der Waals surface area contributed by atoms with Gasteiger partial charge in [-0.1, -0.05) is 18.2 Å². The summed E-state index contributed by atoms with van der Waals surface area (Å²) in [6.45, 7) is 7.48. The number of hydrogen-bond donors (Lipinski definition) is 1. The fourth-order valence-electron chi connectivity index (χ4n) is 3.51. The van der Waals surface area contributed by atoms with E-state index in [4.69, 9.17) is 4.74 Å². The number of allylic oxidation sites excluding steroid dienone is 1. The van der Waals surface area contributed by atoms with Gasteiger partial charge >= 0.3 is 5.97 Å². The molecule has 1 aromatic heterocycles. The maximum atomic E-state index is 12.2. The molecule has 0 saturated carbocycles. The maximum Gasteiger partial charge on any atom is 0.335 e. The van der Waals surface area contributed by atoms with Crippen molar-refractivity contribution in [3.05, 3.63) is 47.3 Å². The van der Waals surface area contributed by atoms with E-state index in [1.165, 1.54) is 10.9 Å². The van der Waals surface area contributed by atoms with Crippen LogP contribution in [-0.4, -0.2) is 29.0 Å². The van der Waals surface area contributed by atoms with Gasteiger partial charge in [0.05, 0.1) is 18.2 Å². The van der Waals surface area contributed by atoms with Crippen LogP contribution in [0.25, 0.3) is 10.9 Å². The number of carbonyl (C=O) groups is 1. The van der Waals surface area contributed by atoms with E-state index in [2.05, 4.69) is 41.2 Å². The molecule has 1 aliphatic heterocycles. The molecule has 23 heavy (non-hydrogen) atoms. The van der Waals surface area contributed by atoms with E-state index < -0.39 is 0 Å². The second kappa shape index (κ2) is 6.49. The summed E-state index contributed by atoms with van der Waals surface area (Å²) in [6.07, 6.45) is 3.88. The van der Waals surface area contributed by atoms with E-state index in [1.807, 2.05) is 19.9 Å². The molecule has 1 N–H and O–H groups in total. The number of ether oxygens (including phenoxy) is 1. The van der Waals surface area contributed by atoms with Gasteiger partial charge in [-0.2, -0.15) is 0 Å². The molecule has 1 aliphatic rings. The number of benzene rings is 1. The molecule has 1 aromatic carbocycles. The van der Waals surface area contributed by atoms with Crippen LogP contribution in [0.15, 0.2) is 41.7 Å². The van der Waals surface area contributed by atoms with Gasteiger partial charge in [-0.15, -0.1) is 0 Å². The molecule has 0 amide bonds. The lowest BCUT2D eigenvalue weighted by Crippen LogP contribution is -2.32. The molecular formula is C19H24N2O2. The Morgan fingerprint density at radius 2 is 2.17 bits per heavy atom. The Hall–Kier alpha value is -2.23. The number of hydrogen-bond acceptors (Lipinski definition) is 3. The lowest BCUT2D eigenvalue weighted by Gasteiger charge is -2.36. The topological polar surface area (TPSA) is 45.3 Å². The standard InChI is InChI=1S/C19H24N2O2/c1-4-23-19(22)15-9-7-11-21(13(15)2)14(3)17-12-20-18-10-6-5-8-16(17)18/h5-6,8,10,12,14,20H,4,7,9,11H2,1-3H3. The minimum Gasteiger partial charge on any atom is -0.463 e. The van der Waals surface area contributed by atoms with Crippen LogP contribution in [0.5, 0.6) is 0 Å². The van der Waals surface area contributed by atoms with Crippen LogP contribution in [0.3, 0.4) is 0 Å². The van der Waals surface area contributed by atoms with E-state index >= 15 is 0 Å². The number of aromatic amines is 1. The fourth-order valence-corrected chi connectivity index (χ4v) is 3.51. The number of aromatic nitrogens is 1. The summed E-state index contributed by atoms with van der Waals surface area (Å²) < 4.78 is 5.21. The average molecular weight is 312 g/mol. The van der Waals surface area contributed by atoms with Crippen LogP contribution in [0.2, 0.25) is 0 Å². The number of nitrogens with zero attached hydrogens (tertiary/aromatic N) is 1. The summed E-state index contributed by atoms with van der Waals surface area (Å²) in [5.41, 5.74) is 4.29. The number of H-pyrrole nitrogens is 1. The van der Waals surface area contributed by atoms with Gasteiger partial charge in [0.2, 0.25) is 0 Å². The zero-order chi connectivity index (χ0) is 16.4. The van der Waals surface area contributed by atoms with Crippen molar-refractivity contribution in [3.63, 3.8) is 0 Å². The van der Waals surface area contributed by atoms with Crippen LogP contribution >= 0.6 is 0 Å². The highest BCUT2D eigenvalue weighted by Gasteiger charge is 2.27. The second-order valence-electron chi connectivity index (χ2n) is 6.05. The fraction of sp³-hybridized carbons (Fsp3) is 0.421. The predicted molar refractivity (Wildman–Crippen MR) is 92.0 cm³/mol. The van der Waals surface area contributed by atoms with Crippen molar-refractivity contribution in [1.29, 1.82) is 0 Å². The highest BCUT2D eigenvalue weighted by molar-refractivity contribution is 5.89. The first-order valence-electron chi connectivity index (χ1n) is 8.33. The van der Waals surface area contributed by atoms with Crippen molar-refractivity contribution >= 4 is 16.9 Å². The number of rotatable bonds is 4. The summed E-state index contributed by atoms with van der Waals surface area (Å²) in [5.74, 6) is -0.166. The van der Waals surface area contributed by atoms with Crippen molar-refractivity contribution < 1.29 is 9.53 Å². The zero-order valence-corrected chi connectivity index (χ0v) is 14.1. The molecule has 0 bridgehead atoms. The van der Waals surface area contributed by atoms with Crippen molar-refractivity contribution in [2.24, 2.45) is 0 Å². The Balaban J connectivity index is 1.93. The molecule has 2 aromatic rings. The smallest absolute Gasteiger partial charge is 0.335 e. The Morgan fingerprint density at radius 3 is 2.96 bits per heavy atom. The minimum atomic E-state index is -0.166. The van der Waals surface area contributed by atoms with Gasteiger partial charge < -0.3 is 14.6 Å². The highest BCUT2D eigenvalue weighted by Crippen LogP contribution is 2.34. The first-order valence-corrected chi connectivity index (χ1v) is 8.33. The molecule has 1 atom stereocenters. The lowest BCUT2D eigenvalue weighted by molar-refractivity contribution is -0.139. The maximum absolute atomic E-state index is 12.2. The third-order valence-electron chi connectivity index (χ3n) is 4.75. The molecule has 0 spiro atoms. The minimum absolute atomic E-state index is 0.166. The van der Waals surface area contributed by atoms with Crippen molar-refractivity contribution in [3.8, 4) is 0 Å². The van der Waals surface area contributed by atoms with Gasteiger partial charge in [-0.25, -0.2) is 4.79 Å². The van der Waals surface area contributed by atoms with Gasteiger partial charge in [0, 0.05) is 29.3 Å². The molecule has 3 rings (SSSR count). The van der Waals surface area contributed by atoms with E-state index in [9.17, 15) is 4.79 Å². The van der Waals surface area contributed by atoms with Crippen LogP contribution in [-0.2, 0) is 9.53 Å². The molecule has 0 aliphatic carbocycles. The summed E-state index contributed by atoms with van der Waals surface area (Å²) in [6, 6.07) is 8.56. The number of para-hydroxylation sites is 1. The lowest BCUT2D eigenvalue weighted by atomic mass is 9.98. The monoisotopic (exact) mass is 312 g/mol. The van der Waals surface area contributed by atoms with E-state index in [0.29, 0.717) is 6.61 Å². The first kappa shape index (κ1) is 15.7. The van der Waals surface area contributed by atoms with Crippen LogP contribution in [0.4, 0.5) is 0 Å². The largest absolute Gasteiger partial charge is 0.463 e. The third kappa shape index (κ3) is 2.85. The third-order valence-corrected chi connectivity index (χ3v) is 4.75. The van der Waals surface area contributed by atoms with Gasteiger partial charge in [-0.3, -0.25) is 0 Å². The summed E-state index contributed by atoms with van der Waals surface area (Å²) in [4.78, 5) is 17.8. The molecule has 0 fully saturated rings. The Labute approximate surface area is 137 Å². The van der Waals surface area contributed by atoms with Crippen molar-refractivity contribution in [2.75, 3.05) is 13.2 Å². The zero-order valence-electron chi connectivity index (χ0n) is 14.1. The summed E-state index contributed by atoms with van der Waals surface area (Å²) in [5, 5.41) is 1.25. The molecule has 0 saturated heterocycles. The molecule has 0 radical (unpaired) electrons. The van der Waals surface area contributed by atoms with Gasteiger partial charge in [0.25, 0.3) is 0 Å². The number of carbonyl (C=O) groups excluding carboxylic acids is 1. The highest BCUT2D eigenvalue weighted by atomic mass is 16.5. The van der Waals surface area contributed by atoms with Gasteiger partial charge in [0.15, 0.2) is 0 Å². The van der Waals surface area contributed by atoms with Crippen LogP contribution in [0, 0.1) is 0 Å². The predicted octanol–water partition coefficient (Wildman–Crippen LogP) is 4.16. The van der Waals surface area contributed by atoms with Crippen LogP contribution < -0.4 is 0 Å². The second-order valence-corrected chi connectivity index (χ2v) is 6.05. The summed E-state index contributed by atoms with van der Waals surface area (Å²) >= 11 is 0. The normalized spacial score (nSPS) is 16.7. The van der Waals surface area contributed by atoms with Crippen molar-refractivity contribution in [2.45, 2.75) is 39.7 Å². The van der Waals surface area contributed by atoms with Gasteiger partial charge in [-0.05, 0) is 45.2 Å². The first-order chi connectivity index (χ1) is 11.1. The van der Waals surface area contributed by atoms with E-state index in [-0.39, 0.29) is 12.0 Å². The van der Waals surface area contributed by atoms with Crippen molar-refractivity contribution in [1.82, 2.24) is 9.88 Å². The Bertz CT molecular complexity index is 745. The molecule has 4 nitrogen and oxygen atoms in total. The molecule has 4 heteroatoms. The van der Waals surface area contributed by atoms with E-state index in [0.717, 1.165) is 36.2 Å². The number of nitrogens with one attached hydrogen (secondary N) is 1. The molecular weight excluding hydrogens is 288 g/mol. The quantitative estimate of drug-likeness (QED) is 0.862. The molecule has 122 valence electrons. The van der Waals surface area contributed by atoms with Gasteiger partial charge in [0.1, 0.15) is 0 Å². The SMILES string of the molecule is CCOC(=O)C1=C(C)N(C(C)c2c[nH]c3ccccc23)CCC1. The Morgan fingerprint density at radius 1 is 1.39 bits per heavy atom.